The van der Waals surface area contributed by atoms with Crippen molar-refractivity contribution < 1.29 is 14.3 Å². The first kappa shape index (κ1) is 14.4. The molecule has 1 aromatic rings. The van der Waals surface area contributed by atoms with Crippen LogP contribution in [0.25, 0.3) is 0 Å². The van der Waals surface area contributed by atoms with E-state index in [4.69, 9.17) is 9.47 Å². The van der Waals surface area contributed by atoms with E-state index in [9.17, 15) is 4.79 Å². The van der Waals surface area contributed by atoms with Crippen LogP contribution in [0.5, 0.6) is 0 Å². The number of urea groups is 1. The molecule has 2 heterocycles. The number of carbonyl (C=O) groups is 1. The minimum atomic E-state index is -0.431. The van der Waals surface area contributed by atoms with Crippen LogP contribution in [0.3, 0.4) is 0 Å². The number of ether oxygens (including phenoxy) is 2. The van der Waals surface area contributed by atoms with Crippen molar-refractivity contribution in [2.45, 2.75) is 32.0 Å². The van der Waals surface area contributed by atoms with Gasteiger partial charge in [0.25, 0.3) is 0 Å². The van der Waals surface area contributed by atoms with Gasteiger partial charge in [0.1, 0.15) is 0 Å². The van der Waals surface area contributed by atoms with E-state index in [2.05, 4.69) is 12.2 Å². The van der Waals surface area contributed by atoms with Crippen molar-refractivity contribution in [3.8, 4) is 0 Å². The average molecular weight is 290 g/mol. The maximum absolute atomic E-state index is 12.3. The Morgan fingerprint density at radius 1 is 1.19 bits per heavy atom. The number of amides is 2. The van der Waals surface area contributed by atoms with Gasteiger partial charge in [0.15, 0.2) is 5.79 Å². The van der Waals surface area contributed by atoms with Gasteiger partial charge < -0.3 is 19.7 Å². The van der Waals surface area contributed by atoms with Crippen LogP contribution < -0.4 is 5.32 Å². The third-order valence-electron chi connectivity index (χ3n) is 4.24. The van der Waals surface area contributed by atoms with Crippen molar-refractivity contribution in [2.24, 2.45) is 0 Å². The molecule has 1 aromatic carbocycles. The number of piperidine rings is 1. The molecule has 5 nitrogen and oxygen atoms in total. The number of carbonyl (C=O) groups excluding carboxylic acids is 1. The van der Waals surface area contributed by atoms with Crippen LogP contribution in [0.1, 0.15) is 25.3 Å². The Labute approximate surface area is 125 Å². The van der Waals surface area contributed by atoms with Gasteiger partial charge in [0, 0.05) is 31.6 Å². The lowest BCUT2D eigenvalue weighted by atomic mass is 10.0. The second-order valence-electron chi connectivity index (χ2n) is 5.58. The number of likely N-dealkylation sites (tertiary alicyclic amines) is 1. The third-order valence-corrected chi connectivity index (χ3v) is 4.24. The molecule has 0 aromatic heterocycles. The fourth-order valence-corrected chi connectivity index (χ4v) is 2.86. The molecule has 0 aliphatic carbocycles. The minimum Gasteiger partial charge on any atom is -0.347 e. The molecular formula is C16H22N2O3. The normalized spacial score (nSPS) is 20.7. The predicted molar refractivity (Wildman–Crippen MR) is 80.3 cm³/mol. The Hall–Kier alpha value is -1.59. The molecule has 1 N–H and O–H groups in total. The van der Waals surface area contributed by atoms with Crippen LogP contribution in [0.4, 0.5) is 10.5 Å². The van der Waals surface area contributed by atoms with Gasteiger partial charge in [-0.05, 0) is 24.1 Å². The lowest BCUT2D eigenvalue weighted by molar-refractivity contribution is -0.181. The molecule has 0 radical (unpaired) electrons. The fourth-order valence-electron chi connectivity index (χ4n) is 2.86. The number of nitrogens with one attached hydrogen (secondary N) is 1. The molecule has 2 fully saturated rings. The molecule has 0 unspecified atom stereocenters. The predicted octanol–water partition coefficient (Wildman–Crippen LogP) is 2.62. The fraction of sp³-hybridized carbons (Fsp3) is 0.562. The van der Waals surface area contributed by atoms with Gasteiger partial charge in [-0.3, -0.25) is 0 Å². The maximum atomic E-state index is 12.3. The highest BCUT2D eigenvalue weighted by Crippen LogP contribution is 2.31. The van der Waals surface area contributed by atoms with Crippen molar-refractivity contribution in [1.29, 1.82) is 0 Å². The second kappa shape index (κ2) is 6.03. The highest BCUT2D eigenvalue weighted by atomic mass is 16.7. The van der Waals surface area contributed by atoms with E-state index in [0.29, 0.717) is 26.3 Å². The largest absolute Gasteiger partial charge is 0.347 e. The monoisotopic (exact) mass is 290 g/mol. The van der Waals surface area contributed by atoms with Crippen LogP contribution in [0.15, 0.2) is 24.3 Å². The molecule has 5 heteroatoms. The molecule has 0 bridgehead atoms. The van der Waals surface area contributed by atoms with E-state index in [-0.39, 0.29) is 6.03 Å². The molecule has 2 amide bonds. The van der Waals surface area contributed by atoms with Crippen LogP contribution >= 0.6 is 0 Å². The topological polar surface area (TPSA) is 50.8 Å². The van der Waals surface area contributed by atoms with Gasteiger partial charge in [0.05, 0.1) is 13.2 Å². The number of benzene rings is 1. The van der Waals surface area contributed by atoms with E-state index < -0.39 is 5.79 Å². The summed E-state index contributed by atoms with van der Waals surface area (Å²) in [5.41, 5.74) is 2.11. The standard InChI is InChI=1S/C16H22N2O3/c1-2-13-3-5-14(6-4-13)17-15(19)18-9-7-16(8-10-18)20-11-12-21-16/h3-6H,2,7-12H2,1H3,(H,17,19). The molecular weight excluding hydrogens is 268 g/mol. The quantitative estimate of drug-likeness (QED) is 0.911. The molecule has 2 aliphatic rings. The maximum Gasteiger partial charge on any atom is 0.321 e. The lowest BCUT2D eigenvalue weighted by Gasteiger charge is -2.37. The summed E-state index contributed by atoms with van der Waals surface area (Å²) in [5, 5.41) is 2.95. The summed E-state index contributed by atoms with van der Waals surface area (Å²) >= 11 is 0. The Balaban J connectivity index is 1.54. The number of nitrogens with zero attached hydrogens (tertiary/aromatic N) is 1. The third kappa shape index (κ3) is 3.19. The summed E-state index contributed by atoms with van der Waals surface area (Å²) < 4.78 is 11.3. The summed E-state index contributed by atoms with van der Waals surface area (Å²) in [6.45, 7) is 4.77. The van der Waals surface area contributed by atoms with Crippen LogP contribution in [-0.4, -0.2) is 43.0 Å². The lowest BCUT2D eigenvalue weighted by Crippen LogP contribution is -2.48. The van der Waals surface area contributed by atoms with Crippen LogP contribution in [0.2, 0.25) is 0 Å². The Bertz CT molecular complexity index is 485. The summed E-state index contributed by atoms with van der Waals surface area (Å²) in [6.07, 6.45) is 2.49. The Kier molecular flexibility index (Phi) is 4.12. The van der Waals surface area contributed by atoms with Gasteiger partial charge in [0.2, 0.25) is 0 Å². The highest BCUT2D eigenvalue weighted by Gasteiger charge is 2.40. The van der Waals surface area contributed by atoms with E-state index in [1.165, 1.54) is 5.56 Å². The molecule has 3 rings (SSSR count). The zero-order valence-electron chi connectivity index (χ0n) is 12.4. The van der Waals surface area contributed by atoms with Crippen LogP contribution in [0, 0.1) is 0 Å². The Morgan fingerprint density at radius 2 is 1.81 bits per heavy atom. The van der Waals surface area contributed by atoms with Gasteiger partial charge in [-0.1, -0.05) is 19.1 Å². The van der Waals surface area contributed by atoms with Crippen molar-refractivity contribution in [3.05, 3.63) is 29.8 Å². The highest BCUT2D eigenvalue weighted by molar-refractivity contribution is 5.89. The van der Waals surface area contributed by atoms with E-state index >= 15 is 0 Å². The first-order chi connectivity index (χ1) is 10.2. The van der Waals surface area contributed by atoms with E-state index in [1.807, 2.05) is 29.2 Å². The zero-order chi connectivity index (χ0) is 14.7. The first-order valence-electron chi connectivity index (χ1n) is 7.63. The molecule has 114 valence electrons. The Morgan fingerprint density at radius 3 is 2.38 bits per heavy atom. The number of hydrogen-bond donors (Lipinski definition) is 1. The number of hydrogen-bond acceptors (Lipinski definition) is 3. The summed E-state index contributed by atoms with van der Waals surface area (Å²) in [6, 6.07) is 7.94. The number of aryl methyl sites for hydroxylation is 1. The van der Waals surface area contributed by atoms with Crippen molar-refractivity contribution in [3.63, 3.8) is 0 Å². The van der Waals surface area contributed by atoms with E-state index in [1.54, 1.807) is 0 Å². The number of rotatable bonds is 2. The minimum absolute atomic E-state index is 0.0490. The van der Waals surface area contributed by atoms with E-state index in [0.717, 1.165) is 24.9 Å². The summed E-state index contributed by atoms with van der Waals surface area (Å²) in [4.78, 5) is 14.1. The van der Waals surface area contributed by atoms with Gasteiger partial charge in [-0.2, -0.15) is 0 Å². The van der Waals surface area contributed by atoms with Crippen molar-refractivity contribution in [2.75, 3.05) is 31.6 Å². The van der Waals surface area contributed by atoms with Gasteiger partial charge in [-0.15, -0.1) is 0 Å². The average Bonchev–Trinajstić information content (AvgIpc) is 2.97. The smallest absolute Gasteiger partial charge is 0.321 e. The first-order valence-corrected chi connectivity index (χ1v) is 7.63. The SMILES string of the molecule is CCc1ccc(NC(=O)N2CCC3(CC2)OCCO3)cc1. The summed E-state index contributed by atoms with van der Waals surface area (Å²) in [5.74, 6) is -0.431. The molecule has 2 saturated heterocycles. The van der Waals surface area contributed by atoms with Crippen molar-refractivity contribution >= 4 is 11.7 Å². The second-order valence-corrected chi connectivity index (χ2v) is 5.58. The summed E-state index contributed by atoms with van der Waals surface area (Å²) in [7, 11) is 0. The number of anilines is 1. The van der Waals surface area contributed by atoms with Gasteiger partial charge in [-0.25, -0.2) is 4.79 Å². The van der Waals surface area contributed by atoms with Crippen molar-refractivity contribution in [1.82, 2.24) is 4.90 Å². The van der Waals surface area contributed by atoms with Gasteiger partial charge >= 0.3 is 6.03 Å². The molecule has 0 saturated carbocycles. The molecule has 2 aliphatic heterocycles. The van der Waals surface area contributed by atoms with Crippen LogP contribution in [-0.2, 0) is 15.9 Å². The molecule has 0 atom stereocenters. The molecule has 21 heavy (non-hydrogen) atoms. The zero-order valence-corrected chi connectivity index (χ0v) is 12.4. The molecule has 1 spiro atoms.